The van der Waals surface area contributed by atoms with E-state index >= 15 is 0 Å². The van der Waals surface area contributed by atoms with E-state index in [-0.39, 0.29) is 17.3 Å². The summed E-state index contributed by atoms with van der Waals surface area (Å²) in [5.74, 6) is 1.13. The van der Waals surface area contributed by atoms with Crippen LogP contribution in [-0.4, -0.2) is 11.9 Å². The number of carbonyl (C=O) groups excluding carboxylic acids is 1. The van der Waals surface area contributed by atoms with Crippen molar-refractivity contribution in [2.24, 2.45) is 0 Å². The molecule has 1 aliphatic carbocycles. The van der Waals surface area contributed by atoms with Gasteiger partial charge in [0.25, 0.3) is 0 Å². The molecule has 3 aromatic rings. The van der Waals surface area contributed by atoms with Gasteiger partial charge in [-0.25, -0.2) is 0 Å². The molecule has 0 N–H and O–H groups in total. The highest BCUT2D eigenvalue weighted by Gasteiger charge is 2.52. The molecule has 0 bridgehead atoms. The van der Waals surface area contributed by atoms with E-state index in [2.05, 4.69) is 50.2 Å². The van der Waals surface area contributed by atoms with Gasteiger partial charge in [-0.3, -0.25) is 4.79 Å². The highest BCUT2D eigenvalue weighted by molar-refractivity contribution is 6.01. The zero-order chi connectivity index (χ0) is 16.5. The molecule has 0 fully saturated rings. The normalized spacial score (nSPS) is 24.2. The number of hydrogen-bond donors (Lipinski definition) is 0. The van der Waals surface area contributed by atoms with Gasteiger partial charge in [-0.2, -0.15) is 0 Å². The molecule has 2 atom stereocenters. The summed E-state index contributed by atoms with van der Waals surface area (Å²) in [6, 6.07) is 18.6. The van der Waals surface area contributed by atoms with E-state index < -0.39 is 0 Å². The van der Waals surface area contributed by atoms with Crippen LogP contribution in [0.15, 0.2) is 54.6 Å². The molecule has 1 heterocycles. The zero-order valence-electron chi connectivity index (χ0n) is 13.8. The van der Waals surface area contributed by atoms with Crippen LogP contribution >= 0.6 is 0 Å². The van der Waals surface area contributed by atoms with Gasteiger partial charge in [-0.1, -0.05) is 54.6 Å². The summed E-state index contributed by atoms with van der Waals surface area (Å²) < 4.78 is 6.39. The molecule has 0 spiro atoms. The summed E-state index contributed by atoms with van der Waals surface area (Å²) >= 11 is 0. The van der Waals surface area contributed by atoms with E-state index in [4.69, 9.17) is 4.74 Å². The van der Waals surface area contributed by atoms with Crippen molar-refractivity contribution < 1.29 is 9.53 Å². The number of ketones is 1. The molecule has 2 nitrogen and oxygen atoms in total. The first-order valence-electron chi connectivity index (χ1n) is 8.43. The SMILES string of the molecule is Cc1cc2c(c3ccccc13)OC1CC(=O)c3ccccc3C21C. The molecule has 2 unspecified atom stereocenters. The zero-order valence-corrected chi connectivity index (χ0v) is 13.8. The van der Waals surface area contributed by atoms with Crippen molar-refractivity contribution in [1.82, 2.24) is 0 Å². The largest absolute Gasteiger partial charge is 0.488 e. The molecular weight excluding hydrogens is 296 g/mol. The molecular formula is C22H18O2. The lowest BCUT2D eigenvalue weighted by Crippen LogP contribution is -2.43. The molecule has 24 heavy (non-hydrogen) atoms. The van der Waals surface area contributed by atoms with E-state index in [1.165, 1.54) is 16.5 Å². The van der Waals surface area contributed by atoms with Crippen LogP contribution in [0.2, 0.25) is 0 Å². The Morgan fingerprint density at radius 1 is 1.00 bits per heavy atom. The van der Waals surface area contributed by atoms with Crippen LogP contribution in [0.1, 0.15) is 40.4 Å². The summed E-state index contributed by atoms with van der Waals surface area (Å²) in [7, 11) is 0. The van der Waals surface area contributed by atoms with Gasteiger partial charge < -0.3 is 4.74 Å². The Kier molecular flexibility index (Phi) is 2.57. The van der Waals surface area contributed by atoms with Gasteiger partial charge in [0.05, 0.1) is 5.41 Å². The standard InChI is InChI=1S/C22H18O2/c1-13-11-18-21(15-8-4-3-7-14(13)15)24-20-12-19(23)16-9-5-6-10-17(16)22(18,20)2/h3-11,20H,12H2,1-2H3. The Bertz CT molecular complexity index is 1020. The quantitative estimate of drug-likeness (QED) is 0.595. The number of benzene rings is 3. The first-order chi connectivity index (χ1) is 11.6. The Balaban J connectivity index is 1.87. The Labute approximate surface area is 141 Å². The number of fused-ring (bicyclic) bond motifs is 7. The molecule has 2 aliphatic rings. The third kappa shape index (κ3) is 1.53. The smallest absolute Gasteiger partial charge is 0.166 e. The second-order valence-electron chi connectivity index (χ2n) is 7.10. The second kappa shape index (κ2) is 4.47. The summed E-state index contributed by atoms with van der Waals surface area (Å²) in [5, 5.41) is 2.37. The second-order valence-corrected chi connectivity index (χ2v) is 7.10. The van der Waals surface area contributed by atoms with Gasteiger partial charge in [0.15, 0.2) is 5.78 Å². The summed E-state index contributed by atoms with van der Waals surface area (Å²) in [6.45, 7) is 4.38. The minimum Gasteiger partial charge on any atom is -0.488 e. The predicted molar refractivity (Wildman–Crippen MR) is 94.9 cm³/mol. The average molecular weight is 314 g/mol. The minimum atomic E-state index is -0.269. The van der Waals surface area contributed by atoms with Crippen LogP contribution in [0.5, 0.6) is 5.75 Å². The molecule has 2 heteroatoms. The van der Waals surface area contributed by atoms with Crippen molar-refractivity contribution >= 4 is 16.6 Å². The fraction of sp³-hybridized carbons (Fsp3) is 0.227. The summed E-state index contributed by atoms with van der Waals surface area (Å²) in [5.41, 5.74) is 4.14. The fourth-order valence-corrected chi connectivity index (χ4v) is 4.50. The van der Waals surface area contributed by atoms with Crippen LogP contribution < -0.4 is 4.74 Å². The van der Waals surface area contributed by atoms with Crippen molar-refractivity contribution in [3.05, 3.63) is 76.9 Å². The lowest BCUT2D eigenvalue weighted by atomic mass is 9.66. The molecule has 0 radical (unpaired) electrons. The lowest BCUT2D eigenvalue weighted by molar-refractivity contribution is 0.0843. The Morgan fingerprint density at radius 2 is 1.71 bits per heavy atom. The third-order valence-corrected chi connectivity index (χ3v) is 5.82. The molecule has 0 saturated heterocycles. The van der Waals surface area contributed by atoms with Gasteiger partial charge in [0.1, 0.15) is 11.9 Å². The van der Waals surface area contributed by atoms with E-state index in [0.717, 1.165) is 22.3 Å². The molecule has 0 saturated carbocycles. The minimum absolute atomic E-state index is 0.125. The molecule has 0 amide bonds. The summed E-state index contributed by atoms with van der Waals surface area (Å²) in [4.78, 5) is 12.6. The Hall–Kier alpha value is -2.61. The molecule has 1 aliphatic heterocycles. The van der Waals surface area contributed by atoms with Gasteiger partial charge >= 0.3 is 0 Å². The third-order valence-electron chi connectivity index (χ3n) is 5.82. The van der Waals surface area contributed by atoms with Crippen molar-refractivity contribution in [2.45, 2.75) is 31.8 Å². The number of ether oxygens (including phenoxy) is 1. The maximum atomic E-state index is 12.6. The Morgan fingerprint density at radius 3 is 2.54 bits per heavy atom. The van der Waals surface area contributed by atoms with E-state index in [0.29, 0.717) is 6.42 Å². The van der Waals surface area contributed by atoms with Crippen LogP contribution in [0, 0.1) is 6.92 Å². The monoisotopic (exact) mass is 314 g/mol. The molecule has 118 valence electrons. The fourth-order valence-electron chi connectivity index (χ4n) is 4.50. The van der Waals surface area contributed by atoms with Crippen molar-refractivity contribution in [3.8, 4) is 5.75 Å². The van der Waals surface area contributed by atoms with Crippen LogP contribution in [-0.2, 0) is 5.41 Å². The maximum Gasteiger partial charge on any atom is 0.166 e. The first kappa shape index (κ1) is 13.8. The van der Waals surface area contributed by atoms with Crippen LogP contribution in [0.25, 0.3) is 10.8 Å². The number of Topliss-reactive ketones (excluding diaryl/α,β-unsaturated/α-hetero) is 1. The molecule has 5 rings (SSSR count). The number of aryl methyl sites for hydroxylation is 1. The number of carbonyl (C=O) groups is 1. The van der Waals surface area contributed by atoms with E-state index in [1.54, 1.807) is 0 Å². The van der Waals surface area contributed by atoms with Crippen LogP contribution in [0.4, 0.5) is 0 Å². The van der Waals surface area contributed by atoms with Gasteiger partial charge in [-0.05, 0) is 30.4 Å². The van der Waals surface area contributed by atoms with E-state index in [1.807, 2.05) is 18.2 Å². The lowest BCUT2D eigenvalue weighted by Gasteiger charge is -2.36. The number of hydrogen-bond acceptors (Lipinski definition) is 2. The highest BCUT2D eigenvalue weighted by Crippen LogP contribution is 2.54. The van der Waals surface area contributed by atoms with E-state index in [9.17, 15) is 4.79 Å². The van der Waals surface area contributed by atoms with Crippen molar-refractivity contribution in [3.63, 3.8) is 0 Å². The van der Waals surface area contributed by atoms with Gasteiger partial charge in [0.2, 0.25) is 0 Å². The topological polar surface area (TPSA) is 26.3 Å². The van der Waals surface area contributed by atoms with Gasteiger partial charge in [0, 0.05) is 22.9 Å². The predicted octanol–water partition coefficient (Wildman–Crippen LogP) is 4.80. The van der Waals surface area contributed by atoms with Gasteiger partial charge in [-0.15, -0.1) is 0 Å². The maximum absolute atomic E-state index is 12.6. The van der Waals surface area contributed by atoms with Crippen molar-refractivity contribution in [1.29, 1.82) is 0 Å². The first-order valence-corrected chi connectivity index (χ1v) is 8.43. The summed E-state index contributed by atoms with van der Waals surface area (Å²) in [6.07, 6.45) is 0.315. The average Bonchev–Trinajstić information content (AvgIpc) is 2.89. The molecule has 0 aromatic heterocycles. The highest BCUT2D eigenvalue weighted by atomic mass is 16.5. The number of rotatable bonds is 0. The van der Waals surface area contributed by atoms with Crippen LogP contribution in [0.3, 0.4) is 0 Å². The van der Waals surface area contributed by atoms with Crippen molar-refractivity contribution in [2.75, 3.05) is 0 Å². The molecule has 3 aromatic carbocycles.